The molecule has 112 valence electrons. The van der Waals surface area contributed by atoms with E-state index in [0.717, 1.165) is 24.3 Å². The predicted molar refractivity (Wildman–Crippen MR) is 85.3 cm³/mol. The molecule has 1 aliphatic rings. The van der Waals surface area contributed by atoms with Crippen LogP contribution >= 0.6 is 27.7 Å². The number of nitrogens with one attached hydrogen (secondary N) is 1. The molecule has 1 heterocycles. The van der Waals surface area contributed by atoms with Crippen LogP contribution in [0.25, 0.3) is 0 Å². The quantitative estimate of drug-likeness (QED) is 0.823. The maximum atomic E-state index is 12.3. The minimum absolute atomic E-state index is 0.171. The van der Waals surface area contributed by atoms with Crippen molar-refractivity contribution in [3.63, 3.8) is 0 Å². The van der Waals surface area contributed by atoms with Crippen LogP contribution in [-0.4, -0.2) is 31.6 Å². The van der Waals surface area contributed by atoms with Crippen molar-refractivity contribution >= 4 is 37.7 Å². The zero-order valence-electron chi connectivity index (χ0n) is 11.0. The molecule has 2 N–H and O–H groups in total. The Morgan fingerprint density at radius 2 is 2.05 bits per heavy atom. The predicted octanol–water partition coefficient (Wildman–Crippen LogP) is 2.36. The Labute approximate surface area is 132 Å². The first-order valence-electron chi connectivity index (χ1n) is 6.49. The average molecular weight is 380 g/mol. The van der Waals surface area contributed by atoms with E-state index in [1.54, 1.807) is 12.1 Å². The Morgan fingerprint density at radius 1 is 1.35 bits per heavy atom. The van der Waals surface area contributed by atoms with Gasteiger partial charge in [0.2, 0.25) is 10.0 Å². The Balaban J connectivity index is 2.09. The topological polar surface area (TPSA) is 66.4 Å². The van der Waals surface area contributed by atoms with Gasteiger partial charge in [-0.05, 0) is 63.9 Å². The molecule has 0 saturated carbocycles. The van der Waals surface area contributed by atoms with Gasteiger partial charge in [0.05, 0.1) is 11.5 Å². The van der Waals surface area contributed by atoms with Crippen molar-refractivity contribution in [2.45, 2.75) is 24.3 Å². The van der Waals surface area contributed by atoms with Gasteiger partial charge in [0, 0.05) is 11.0 Å². The first-order chi connectivity index (χ1) is 9.53. The largest absolute Gasteiger partial charge is 0.392 e. The molecule has 7 heteroatoms. The van der Waals surface area contributed by atoms with Crippen molar-refractivity contribution in [3.05, 3.63) is 28.2 Å². The minimum atomic E-state index is -3.54. The highest BCUT2D eigenvalue weighted by atomic mass is 79.9. The third kappa shape index (κ3) is 4.21. The Kier molecular flexibility index (Phi) is 5.92. The van der Waals surface area contributed by atoms with E-state index < -0.39 is 10.0 Å². The summed E-state index contributed by atoms with van der Waals surface area (Å²) in [6, 6.07) is 4.85. The van der Waals surface area contributed by atoms with Crippen LogP contribution in [0.3, 0.4) is 0 Å². The minimum Gasteiger partial charge on any atom is -0.392 e. The maximum Gasteiger partial charge on any atom is 0.241 e. The lowest BCUT2D eigenvalue weighted by molar-refractivity contribution is 0.281. The van der Waals surface area contributed by atoms with Gasteiger partial charge < -0.3 is 5.11 Å². The summed E-state index contributed by atoms with van der Waals surface area (Å²) in [6.07, 6.45) is 2.12. The van der Waals surface area contributed by atoms with Crippen LogP contribution in [0.1, 0.15) is 18.4 Å². The lowest BCUT2D eigenvalue weighted by Gasteiger charge is -2.21. The highest BCUT2D eigenvalue weighted by Crippen LogP contribution is 2.25. The van der Waals surface area contributed by atoms with E-state index in [0.29, 0.717) is 22.5 Å². The summed E-state index contributed by atoms with van der Waals surface area (Å²) in [5.41, 5.74) is 0.586. The monoisotopic (exact) mass is 379 g/mol. The summed E-state index contributed by atoms with van der Waals surface area (Å²) in [5.74, 6) is 2.64. The molecule has 1 aromatic carbocycles. The number of aliphatic hydroxyl groups is 1. The first kappa shape index (κ1) is 16.3. The van der Waals surface area contributed by atoms with Crippen LogP contribution in [0.15, 0.2) is 27.6 Å². The SMILES string of the molecule is O=S(=O)(NCC1CCSCC1)c1cc(CO)ccc1Br. The molecule has 1 fully saturated rings. The normalized spacial score (nSPS) is 17.3. The van der Waals surface area contributed by atoms with Crippen LogP contribution in [0, 0.1) is 5.92 Å². The highest BCUT2D eigenvalue weighted by molar-refractivity contribution is 9.10. The molecule has 0 spiro atoms. The molecule has 20 heavy (non-hydrogen) atoms. The molecule has 0 aromatic heterocycles. The van der Waals surface area contributed by atoms with Crippen molar-refractivity contribution in [2.24, 2.45) is 5.92 Å². The number of halogens is 1. The fourth-order valence-corrected chi connectivity index (χ4v) is 5.44. The van der Waals surface area contributed by atoms with Crippen LogP contribution in [-0.2, 0) is 16.6 Å². The highest BCUT2D eigenvalue weighted by Gasteiger charge is 2.21. The van der Waals surface area contributed by atoms with Gasteiger partial charge in [0.1, 0.15) is 0 Å². The summed E-state index contributed by atoms with van der Waals surface area (Å²) in [4.78, 5) is 0.189. The second-order valence-corrected chi connectivity index (χ2v) is 8.64. The number of sulfonamides is 1. The van der Waals surface area contributed by atoms with Gasteiger partial charge in [-0.3, -0.25) is 0 Å². The summed E-state index contributed by atoms with van der Waals surface area (Å²) < 4.78 is 27.9. The summed E-state index contributed by atoms with van der Waals surface area (Å²) in [6.45, 7) is 0.314. The van der Waals surface area contributed by atoms with E-state index >= 15 is 0 Å². The molecular weight excluding hydrogens is 362 g/mol. The number of rotatable bonds is 5. The van der Waals surface area contributed by atoms with Crippen molar-refractivity contribution in [1.82, 2.24) is 4.72 Å². The number of benzene rings is 1. The van der Waals surface area contributed by atoms with E-state index in [2.05, 4.69) is 20.7 Å². The molecular formula is C13H18BrNO3S2. The van der Waals surface area contributed by atoms with Crippen LogP contribution in [0.2, 0.25) is 0 Å². The Hall–Kier alpha value is -0.0800. The lowest BCUT2D eigenvalue weighted by atomic mass is 10.0. The van der Waals surface area contributed by atoms with Gasteiger partial charge in [0.25, 0.3) is 0 Å². The standard InChI is InChI=1S/C13H18BrNO3S2/c14-12-2-1-11(9-16)7-13(12)20(17,18)15-8-10-3-5-19-6-4-10/h1-2,7,10,15-16H,3-6,8-9H2. The lowest BCUT2D eigenvalue weighted by Crippen LogP contribution is -2.31. The number of aliphatic hydroxyl groups excluding tert-OH is 1. The maximum absolute atomic E-state index is 12.3. The van der Waals surface area contributed by atoms with Gasteiger partial charge in [-0.1, -0.05) is 6.07 Å². The molecule has 0 amide bonds. The van der Waals surface area contributed by atoms with Crippen molar-refractivity contribution in [3.8, 4) is 0 Å². The number of thioether (sulfide) groups is 1. The molecule has 0 radical (unpaired) electrons. The molecule has 1 aromatic rings. The third-order valence-corrected chi connectivity index (χ3v) is 6.84. The summed E-state index contributed by atoms with van der Waals surface area (Å²) in [5, 5.41) is 9.12. The molecule has 4 nitrogen and oxygen atoms in total. The Bertz CT molecular complexity index is 557. The van der Waals surface area contributed by atoms with Crippen LogP contribution < -0.4 is 4.72 Å². The third-order valence-electron chi connectivity index (χ3n) is 3.37. The average Bonchev–Trinajstić information content (AvgIpc) is 2.47. The van der Waals surface area contributed by atoms with E-state index in [1.807, 2.05) is 11.8 Å². The molecule has 0 unspecified atom stereocenters. The smallest absolute Gasteiger partial charge is 0.241 e. The second-order valence-electron chi connectivity index (χ2n) is 4.83. The van der Waals surface area contributed by atoms with Crippen molar-refractivity contribution in [1.29, 1.82) is 0 Å². The van der Waals surface area contributed by atoms with Gasteiger partial charge in [-0.2, -0.15) is 11.8 Å². The van der Waals surface area contributed by atoms with E-state index in [9.17, 15) is 8.42 Å². The van der Waals surface area contributed by atoms with E-state index in [1.165, 1.54) is 6.07 Å². The van der Waals surface area contributed by atoms with Crippen LogP contribution in [0.4, 0.5) is 0 Å². The molecule has 0 bridgehead atoms. The van der Waals surface area contributed by atoms with E-state index in [4.69, 9.17) is 5.11 Å². The van der Waals surface area contributed by atoms with E-state index in [-0.39, 0.29) is 11.5 Å². The first-order valence-corrected chi connectivity index (χ1v) is 9.92. The molecule has 2 rings (SSSR count). The molecule has 0 atom stereocenters. The number of hydrogen-bond acceptors (Lipinski definition) is 4. The second kappa shape index (κ2) is 7.26. The fraction of sp³-hybridized carbons (Fsp3) is 0.538. The van der Waals surface area contributed by atoms with Gasteiger partial charge in [-0.15, -0.1) is 0 Å². The van der Waals surface area contributed by atoms with Crippen molar-refractivity contribution in [2.75, 3.05) is 18.1 Å². The van der Waals surface area contributed by atoms with Crippen LogP contribution in [0.5, 0.6) is 0 Å². The van der Waals surface area contributed by atoms with Gasteiger partial charge >= 0.3 is 0 Å². The van der Waals surface area contributed by atoms with Crippen molar-refractivity contribution < 1.29 is 13.5 Å². The van der Waals surface area contributed by atoms with Gasteiger partial charge in [-0.25, -0.2) is 13.1 Å². The molecule has 1 aliphatic heterocycles. The molecule has 1 saturated heterocycles. The Morgan fingerprint density at radius 3 is 2.70 bits per heavy atom. The summed E-state index contributed by atoms with van der Waals surface area (Å²) >= 11 is 5.18. The number of hydrogen-bond donors (Lipinski definition) is 2. The summed E-state index contributed by atoms with van der Waals surface area (Å²) in [7, 11) is -3.54. The van der Waals surface area contributed by atoms with Gasteiger partial charge in [0.15, 0.2) is 0 Å². The zero-order valence-corrected chi connectivity index (χ0v) is 14.2. The fourth-order valence-electron chi connectivity index (χ4n) is 2.11. The molecule has 0 aliphatic carbocycles. The zero-order chi connectivity index (χ0) is 14.6.